The molecule has 0 aliphatic carbocycles. The lowest BCUT2D eigenvalue weighted by molar-refractivity contribution is 1.62. The van der Waals surface area contributed by atoms with E-state index in [1.165, 1.54) is 0 Å². The van der Waals surface area contributed by atoms with Gasteiger partial charge < -0.3 is 0 Å². The highest BCUT2D eigenvalue weighted by Crippen LogP contribution is 2.02. The summed E-state index contributed by atoms with van der Waals surface area (Å²) in [5, 5.41) is 0. The van der Waals surface area contributed by atoms with Crippen LogP contribution in [-0.4, -0.2) is 7.42 Å². The van der Waals surface area contributed by atoms with E-state index in [9.17, 15) is 0 Å². The summed E-state index contributed by atoms with van der Waals surface area (Å²) in [7, 11) is -1.33. The molecule has 0 nitrogen and oxygen atoms in total. The van der Waals surface area contributed by atoms with Gasteiger partial charge in [0.2, 0.25) is 7.42 Å². The van der Waals surface area contributed by atoms with Crippen molar-refractivity contribution in [2.24, 2.45) is 0 Å². The molecule has 42 valence electrons. The predicted octanol–water partition coefficient (Wildman–Crippen LogP) is 2.26. The van der Waals surface area contributed by atoms with Gasteiger partial charge in [0.25, 0.3) is 0 Å². The van der Waals surface area contributed by atoms with E-state index >= 15 is 0 Å². The number of hydrogen-bond donors (Lipinski definition) is 0. The molecule has 7 heavy (non-hydrogen) atoms. The fourth-order valence-corrected chi connectivity index (χ4v) is 1.33. The molecule has 0 aliphatic heterocycles. The quantitative estimate of drug-likeness (QED) is 0.326. The minimum Gasteiger partial charge on any atom is -0.150 e. The highest BCUT2D eigenvalue weighted by molar-refractivity contribution is 7.33. The molecular formula is C4H8Cl2Si. The molecule has 0 aromatic rings. The van der Waals surface area contributed by atoms with Crippen LogP contribution in [0.25, 0.3) is 0 Å². The third-order valence-corrected chi connectivity index (χ3v) is 2.25. The monoisotopic (exact) mass is 154 g/mol. The van der Waals surface area contributed by atoms with E-state index < -0.39 is 7.42 Å². The lowest BCUT2D eigenvalue weighted by Gasteiger charge is -1.85. The zero-order valence-corrected chi connectivity index (χ0v) is 6.86. The molecule has 3 heteroatoms. The second kappa shape index (κ2) is 4.69. The van der Waals surface area contributed by atoms with Crippen LogP contribution in [0.2, 0.25) is 6.04 Å². The minimum atomic E-state index is -1.33. The summed E-state index contributed by atoms with van der Waals surface area (Å²) in [6.45, 7) is 1.96. The van der Waals surface area contributed by atoms with Gasteiger partial charge in [-0.15, -0.1) is 0 Å². The van der Waals surface area contributed by atoms with E-state index in [0.717, 1.165) is 6.04 Å². The summed E-state index contributed by atoms with van der Waals surface area (Å²) >= 11 is 11.0. The maximum absolute atomic E-state index is 5.51. The topological polar surface area (TPSA) is 0 Å². The van der Waals surface area contributed by atoms with E-state index in [1.807, 2.05) is 19.1 Å². The first kappa shape index (κ1) is 7.54. The van der Waals surface area contributed by atoms with Crippen LogP contribution >= 0.6 is 22.2 Å². The normalized spacial score (nSPS) is 11.4. The summed E-state index contributed by atoms with van der Waals surface area (Å²) in [6, 6.07) is 0.889. The van der Waals surface area contributed by atoms with Crippen LogP contribution in [0.4, 0.5) is 0 Å². The second-order valence-electron chi connectivity index (χ2n) is 1.20. The van der Waals surface area contributed by atoms with Crippen molar-refractivity contribution in [2.45, 2.75) is 13.0 Å². The average Bonchev–Trinajstić information content (AvgIpc) is 1.61. The number of allylic oxidation sites excluding steroid dienone is 2. The first-order valence-electron chi connectivity index (χ1n) is 2.16. The maximum atomic E-state index is 5.51. The Balaban J connectivity index is 2.97. The van der Waals surface area contributed by atoms with E-state index in [-0.39, 0.29) is 0 Å². The minimum absolute atomic E-state index is 0.889. The van der Waals surface area contributed by atoms with Crippen LogP contribution in [0.5, 0.6) is 0 Å². The smallest absolute Gasteiger partial charge is 0.150 e. The van der Waals surface area contributed by atoms with Gasteiger partial charge in [0.05, 0.1) is 0 Å². The Morgan fingerprint density at radius 1 is 1.57 bits per heavy atom. The van der Waals surface area contributed by atoms with Crippen molar-refractivity contribution < 1.29 is 0 Å². The number of halogens is 2. The third-order valence-electron chi connectivity index (χ3n) is 0.550. The molecule has 0 saturated heterocycles. The fraction of sp³-hybridized carbons (Fsp3) is 0.500. The Bertz CT molecular complexity index is 60.7. The van der Waals surface area contributed by atoms with Gasteiger partial charge in [0, 0.05) is 0 Å². The first-order valence-corrected chi connectivity index (χ1v) is 6.47. The van der Waals surface area contributed by atoms with Crippen LogP contribution in [0.15, 0.2) is 12.2 Å². The summed E-state index contributed by atoms with van der Waals surface area (Å²) in [4.78, 5) is 0. The molecule has 0 bridgehead atoms. The fourth-order valence-electron chi connectivity index (χ4n) is 0.239. The largest absolute Gasteiger partial charge is 0.240 e. The molecule has 0 aromatic heterocycles. The summed E-state index contributed by atoms with van der Waals surface area (Å²) in [5.41, 5.74) is 0. The van der Waals surface area contributed by atoms with Gasteiger partial charge in [-0.1, -0.05) is 12.2 Å². The van der Waals surface area contributed by atoms with Gasteiger partial charge in [-0.25, -0.2) is 0 Å². The summed E-state index contributed by atoms with van der Waals surface area (Å²) < 4.78 is 0. The van der Waals surface area contributed by atoms with Crippen LogP contribution in [0.1, 0.15) is 6.92 Å². The highest BCUT2D eigenvalue weighted by Gasteiger charge is 1.94. The SMILES string of the molecule is CC=CC[SiH](Cl)Cl. The Kier molecular flexibility index (Phi) is 5.05. The lowest BCUT2D eigenvalue weighted by atomic mass is 10.6. The molecule has 0 atom stereocenters. The Labute approximate surface area is 55.1 Å². The third kappa shape index (κ3) is 6.54. The van der Waals surface area contributed by atoms with Crippen molar-refractivity contribution in [1.29, 1.82) is 0 Å². The van der Waals surface area contributed by atoms with Gasteiger partial charge in [0.15, 0.2) is 0 Å². The summed E-state index contributed by atoms with van der Waals surface area (Å²) in [6.07, 6.45) is 3.96. The molecule has 0 aromatic carbocycles. The van der Waals surface area contributed by atoms with E-state index in [1.54, 1.807) is 0 Å². The molecule has 0 fully saturated rings. The Hall–Kier alpha value is 0.537. The van der Waals surface area contributed by atoms with Crippen molar-refractivity contribution in [3.8, 4) is 0 Å². The van der Waals surface area contributed by atoms with Crippen LogP contribution < -0.4 is 0 Å². The van der Waals surface area contributed by atoms with Gasteiger partial charge in [-0.3, -0.25) is 0 Å². The highest BCUT2D eigenvalue weighted by atomic mass is 35.7. The average molecular weight is 155 g/mol. The molecule has 0 saturated carbocycles. The standard InChI is InChI=1S/C4H8Cl2Si/c1-2-3-4-7(5)6/h2-3,7H,4H2,1H3. The van der Waals surface area contributed by atoms with Crippen LogP contribution in [0.3, 0.4) is 0 Å². The van der Waals surface area contributed by atoms with Crippen molar-refractivity contribution >= 4 is 29.6 Å². The van der Waals surface area contributed by atoms with Gasteiger partial charge in [-0.05, 0) is 13.0 Å². The molecule has 0 amide bonds. The Morgan fingerprint density at radius 2 is 2.14 bits per heavy atom. The number of rotatable bonds is 2. The van der Waals surface area contributed by atoms with Crippen molar-refractivity contribution in [3.63, 3.8) is 0 Å². The predicted molar refractivity (Wildman–Crippen MR) is 38.5 cm³/mol. The lowest BCUT2D eigenvalue weighted by Crippen LogP contribution is -1.85. The van der Waals surface area contributed by atoms with Crippen LogP contribution in [0, 0.1) is 0 Å². The molecule has 0 aliphatic rings. The summed E-state index contributed by atoms with van der Waals surface area (Å²) in [5.74, 6) is 0. The van der Waals surface area contributed by atoms with Gasteiger partial charge in [0.1, 0.15) is 0 Å². The molecule has 0 N–H and O–H groups in total. The zero-order valence-electron chi connectivity index (χ0n) is 4.20. The Morgan fingerprint density at radius 3 is 2.29 bits per heavy atom. The molecule has 0 spiro atoms. The van der Waals surface area contributed by atoms with Crippen molar-refractivity contribution in [2.75, 3.05) is 0 Å². The molecule has 0 rings (SSSR count). The van der Waals surface area contributed by atoms with Crippen LogP contribution in [-0.2, 0) is 0 Å². The van der Waals surface area contributed by atoms with E-state index in [4.69, 9.17) is 22.2 Å². The second-order valence-corrected chi connectivity index (χ2v) is 6.28. The molecular weight excluding hydrogens is 147 g/mol. The number of hydrogen-bond acceptors (Lipinski definition) is 0. The maximum Gasteiger partial charge on any atom is 0.240 e. The first-order chi connectivity index (χ1) is 3.27. The van der Waals surface area contributed by atoms with Crippen molar-refractivity contribution in [3.05, 3.63) is 12.2 Å². The van der Waals surface area contributed by atoms with Crippen molar-refractivity contribution in [1.82, 2.24) is 0 Å². The molecule has 0 unspecified atom stereocenters. The van der Waals surface area contributed by atoms with E-state index in [2.05, 4.69) is 0 Å². The van der Waals surface area contributed by atoms with Gasteiger partial charge >= 0.3 is 0 Å². The van der Waals surface area contributed by atoms with E-state index in [0.29, 0.717) is 0 Å². The zero-order chi connectivity index (χ0) is 5.70. The molecule has 0 radical (unpaired) electrons. The van der Waals surface area contributed by atoms with Gasteiger partial charge in [-0.2, -0.15) is 22.2 Å². The molecule has 0 heterocycles.